The summed E-state index contributed by atoms with van der Waals surface area (Å²) in [6.45, 7) is 12.5. The number of likely N-dealkylation sites (tertiary alicyclic amines) is 1. The Morgan fingerprint density at radius 3 is 2.40 bits per heavy atom. The number of hydrogen-bond donors (Lipinski definition) is 0. The largest absolute Gasteiger partial charge is 0.464 e. The lowest BCUT2D eigenvalue weighted by Crippen LogP contribution is -2.48. The first kappa shape index (κ1) is 23.4. The van der Waals surface area contributed by atoms with E-state index in [0.717, 1.165) is 5.56 Å². The van der Waals surface area contributed by atoms with Gasteiger partial charge in [-0.15, -0.1) is 0 Å². The molecule has 0 spiro atoms. The first-order chi connectivity index (χ1) is 14.1. The molecular weight excluding hydrogens is 388 g/mol. The maximum absolute atomic E-state index is 13.1. The summed E-state index contributed by atoms with van der Waals surface area (Å²) < 4.78 is 10.5. The average Bonchev–Trinajstić information content (AvgIpc) is 3.03. The second kappa shape index (κ2) is 9.28. The van der Waals surface area contributed by atoms with Crippen molar-refractivity contribution in [3.05, 3.63) is 58.2 Å². The molecule has 1 amide bonds. The highest BCUT2D eigenvalue weighted by Crippen LogP contribution is 2.50. The number of hydrogen-bond acceptors (Lipinski definition) is 6. The van der Waals surface area contributed by atoms with Gasteiger partial charge in [0, 0.05) is 4.92 Å². The monoisotopic (exact) mass is 418 g/mol. The number of nitro groups is 1. The molecule has 1 aromatic rings. The van der Waals surface area contributed by atoms with E-state index >= 15 is 0 Å². The lowest BCUT2D eigenvalue weighted by Gasteiger charge is -2.32. The van der Waals surface area contributed by atoms with Crippen molar-refractivity contribution in [2.75, 3.05) is 13.2 Å². The summed E-state index contributed by atoms with van der Waals surface area (Å²) >= 11 is 0. The Morgan fingerprint density at radius 2 is 1.90 bits per heavy atom. The molecule has 0 N–H and O–H groups in total. The summed E-state index contributed by atoms with van der Waals surface area (Å²) in [5.41, 5.74) is 0.729. The van der Waals surface area contributed by atoms with Crippen molar-refractivity contribution in [3.8, 4) is 0 Å². The van der Waals surface area contributed by atoms with Crippen LogP contribution in [0.1, 0.15) is 44.9 Å². The molecule has 0 saturated carbocycles. The molecule has 0 bridgehead atoms. The Bertz CT molecular complexity index is 816. The topological polar surface area (TPSA) is 99.0 Å². The Labute approximate surface area is 177 Å². The lowest BCUT2D eigenvalue weighted by molar-refractivity contribution is -0.536. The zero-order valence-corrected chi connectivity index (χ0v) is 18.2. The van der Waals surface area contributed by atoms with Gasteiger partial charge >= 0.3 is 12.1 Å². The van der Waals surface area contributed by atoms with Crippen molar-refractivity contribution < 1.29 is 24.0 Å². The van der Waals surface area contributed by atoms with E-state index in [1.807, 2.05) is 39.8 Å². The first-order valence-corrected chi connectivity index (χ1v) is 9.97. The number of esters is 1. The lowest BCUT2D eigenvalue weighted by atomic mass is 9.72. The Hall–Kier alpha value is -2.90. The van der Waals surface area contributed by atoms with Crippen LogP contribution in [0.2, 0.25) is 0 Å². The molecule has 1 aromatic carbocycles. The van der Waals surface area contributed by atoms with Crippen molar-refractivity contribution in [3.63, 3.8) is 0 Å². The molecule has 2 rings (SSSR count). The fourth-order valence-corrected chi connectivity index (χ4v) is 4.30. The van der Waals surface area contributed by atoms with Gasteiger partial charge in [0.1, 0.15) is 18.7 Å². The van der Waals surface area contributed by atoms with Gasteiger partial charge in [-0.2, -0.15) is 0 Å². The van der Waals surface area contributed by atoms with Crippen LogP contribution >= 0.6 is 0 Å². The summed E-state index contributed by atoms with van der Waals surface area (Å²) in [5.74, 6) is -1.46. The predicted octanol–water partition coefficient (Wildman–Crippen LogP) is 3.91. The van der Waals surface area contributed by atoms with Crippen molar-refractivity contribution >= 4 is 12.1 Å². The number of carbonyl (C=O) groups excluding carboxylic acids is 2. The quantitative estimate of drug-likeness (QED) is 0.301. The molecule has 8 heteroatoms. The zero-order chi connectivity index (χ0) is 22.6. The Kier molecular flexibility index (Phi) is 7.23. The number of ether oxygens (including phenoxy) is 2. The van der Waals surface area contributed by atoms with Crippen LogP contribution in [0.3, 0.4) is 0 Å². The second-order valence-electron chi connectivity index (χ2n) is 8.44. The summed E-state index contributed by atoms with van der Waals surface area (Å²) in [7, 11) is 0. The van der Waals surface area contributed by atoms with E-state index in [4.69, 9.17) is 9.47 Å². The van der Waals surface area contributed by atoms with Crippen molar-refractivity contribution in [1.29, 1.82) is 0 Å². The molecule has 164 valence electrons. The van der Waals surface area contributed by atoms with Gasteiger partial charge in [-0.3, -0.25) is 15.0 Å². The fraction of sp³-hybridized carbons (Fsp3) is 0.545. The van der Waals surface area contributed by atoms with Crippen LogP contribution in [0.4, 0.5) is 4.79 Å². The smallest absolute Gasteiger partial charge is 0.411 e. The molecular formula is C22H30N2O6. The van der Waals surface area contributed by atoms with Crippen LogP contribution in [-0.2, 0) is 14.3 Å². The first-order valence-electron chi connectivity index (χ1n) is 9.97. The predicted molar refractivity (Wildman–Crippen MR) is 111 cm³/mol. The zero-order valence-electron chi connectivity index (χ0n) is 18.2. The standard InChI is InChI=1S/C22H30N2O6/c1-7-13-30-21(26)23-17(15-12-10-9-11-14(15)3)18(24(27)28)16(22(4,5)6)19(23)20(25)29-8-2/h7,9-12,16-19H,1,8,13H2,2-6H3/t16-,17-,18-,19-/m0/s1. The van der Waals surface area contributed by atoms with Crippen LogP contribution in [0, 0.1) is 28.4 Å². The SMILES string of the molecule is C=CCOC(=O)N1[C@H](C(=O)OCC)[C@@H](C(C)(C)C)[C@H]([N+](=O)[O-])[C@@H]1c1ccccc1C. The van der Waals surface area contributed by atoms with Crippen LogP contribution < -0.4 is 0 Å². The molecule has 30 heavy (non-hydrogen) atoms. The third-order valence-corrected chi connectivity index (χ3v) is 5.45. The normalized spacial score (nSPS) is 23.7. The van der Waals surface area contributed by atoms with Crippen LogP contribution in [-0.4, -0.2) is 47.2 Å². The number of aryl methyl sites for hydroxylation is 1. The molecule has 1 aliphatic rings. The van der Waals surface area contributed by atoms with Crippen LogP contribution in [0.15, 0.2) is 36.9 Å². The molecule has 1 saturated heterocycles. The van der Waals surface area contributed by atoms with Gasteiger partial charge in [0.05, 0.1) is 12.5 Å². The van der Waals surface area contributed by atoms with Gasteiger partial charge in [0.2, 0.25) is 6.04 Å². The summed E-state index contributed by atoms with van der Waals surface area (Å²) in [6, 6.07) is 3.81. The molecule has 0 aliphatic carbocycles. The Morgan fingerprint density at radius 1 is 1.27 bits per heavy atom. The maximum atomic E-state index is 13.1. The Balaban J connectivity index is 2.76. The van der Waals surface area contributed by atoms with Crippen LogP contribution in [0.5, 0.6) is 0 Å². The molecule has 0 unspecified atom stereocenters. The average molecular weight is 418 g/mol. The molecule has 1 heterocycles. The van der Waals surface area contributed by atoms with Crippen molar-refractivity contribution in [1.82, 2.24) is 4.90 Å². The maximum Gasteiger partial charge on any atom is 0.411 e. The molecule has 1 aliphatic heterocycles. The number of amides is 1. The minimum absolute atomic E-state index is 0.0747. The molecule has 0 radical (unpaired) electrons. The summed E-state index contributed by atoms with van der Waals surface area (Å²) in [5, 5.41) is 12.3. The van der Waals surface area contributed by atoms with E-state index in [9.17, 15) is 19.7 Å². The van der Waals surface area contributed by atoms with E-state index in [1.54, 1.807) is 19.1 Å². The third-order valence-electron chi connectivity index (χ3n) is 5.45. The number of nitrogens with zero attached hydrogens (tertiary/aromatic N) is 2. The van der Waals surface area contributed by atoms with E-state index in [1.165, 1.54) is 11.0 Å². The van der Waals surface area contributed by atoms with E-state index in [2.05, 4.69) is 6.58 Å². The van der Waals surface area contributed by atoms with Gasteiger partial charge in [0.25, 0.3) is 0 Å². The highest BCUT2D eigenvalue weighted by Gasteiger charge is 2.64. The highest BCUT2D eigenvalue weighted by molar-refractivity contribution is 5.83. The van der Waals surface area contributed by atoms with Gasteiger partial charge in [-0.1, -0.05) is 57.7 Å². The van der Waals surface area contributed by atoms with Gasteiger partial charge < -0.3 is 9.47 Å². The van der Waals surface area contributed by atoms with Gasteiger partial charge in [0.15, 0.2) is 0 Å². The number of benzene rings is 1. The second-order valence-corrected chi connectivity index (χ2v) is 8.44. The van der Waals surface area contributed by atoms with Gasteiger partial charge in [-0.25, -0.2) is 9.59 Å². The molecule has 4 atom stereocenters. The van der Waals surface area contributed by atoms with E-state index in [-0.39, 0.29) is 18.1 Å². The summed E-state index contributed by atoms with van der Waals surface area (Å²) in [6.07, 6.45) is 0.599. The van der Waals surface area contributed by atoms with E-state index < -0.39 is 41.5 Å². The highest BCUT2D eigenvalue weighted by atomic mass is 16.6. The van der Waals surface area contributed by atoms with Gasteiger partial charge in [-0.05, 0) is 30.4 Å². The molecule has 1 fully saturated rings. The van der Waals surface area contributed by atoms with Crippen molar-refractivity contribution in [2.45, 2.75) is 52.7 Å². The minimum Gasteiger partial charge on any atom is -0.464 e. The van der Waals surface area contributed by atoms with Crippen LogP contribution in [0.25, 0.3) is 0 Å². The molecule has 0 aromatic heterocycles. The number of carbonyl (C=O) groups is 2. The fourth-order valence-electron chi connectivity index (χ4n) is 4.30. The minimum atomic E-state index is -1.21. The van der Waals surface area contributed by atoms with E-state index in [0.29, 0.717) is 5.56 Å². The third kappa shape index (κ3) is 4.47. The molecule has 8 nitrogen and oxygen atoms in total. The van der Waals surface area contributed by atoms with Crippen molar-refractivity contribution in [2.24, 2.45) is 11.3 Å². The summed E-state index contributed by atoms with van der Waals surface area (Å²) in [4.78, 5) is 39.2. The number of rotatable bonds is 6.